The van der Waals surface area contributed by atoms with Crippen LogP contribution in [0.25, 0.3) is 10.7 Å². The first-order chi connectivity index (χ1) is 16.7. The molecule has 1 aliphatic rings. The van der Waals surface area contributed by atoms with Gasteiger partial charge < -0.3 is 20.3 Å². The Bertz CT molecular complexity index is 1280. The van der Waals surface area contributed by atoms with Crippen LogP contribution in [0.3, 0.4) is 0 Å². The van der Waals surface area contributed by atoms with Crippen molar-refractivity contribution in [3.05, 3.63) is 58.0 Å². The average Bonchev–Trinajstić information content (AvgIpc) is 3.43. The molecule has 3 N–H and O–H groups in total. The number of nitrogens with one attached hydrogen (secondary N) is 2. The SMILES string of the molecule is Cc1cc(NC(=O)c2c(C)c(C(=O)C(=O)NC3CCC(O)CC3)n(C)c2-c2nccs2)ccc1F. The number of benzene rings is 1. The molecule has 1 aliphatic carbocycles. The monoisotopic (exact) mass is 498 g/mol. The van der Waals surface area contributed by atoms with Gasteiger partial charge >= 0.3 is 0 Å². The first kappa shape index (κ1) is 24.7. The van der Waals surface area contributed by atoms with Crippen molar-refractivity contribution >= 4 is 34.6 Å². The van der Waals surface area contributed by atoms with Gasteiger partial charge in [-0.2, -0.15) is 0 Å². The predicted molar refractivity (Wildman–Crippen MR) is 131 cm³/mol. The molecule has 0 unspecified atom stereocenters. The van der Waals surface area contributed by atoms with E-state index in [1.54, 1.807) is 32.5 Å². The number of amides is 2. The Balaban J connectivity index is 1.68. The van der Waals surface area contributed by atoms with E-state index < -0.39 is 17.6 Å². The lowest BCUT2D eigenvalue weighted by molar-refractivity contribution is -0.118. The highest BCUT2D eigenvalue weighted by molar-refractivity contribution is 7.13. The van der Waals surface area contributed by atoms with Crippen LogP contribution in [0, 0.1) is 19.7 Å². The molecule has 0 atom stereocenters. The van der Waals surface area contributed by atoms with Gasteiger partial charge in [-0.25, -0.2) is 9.37 Å². The third-order valence-electron chi connectivity index (χ3n) is 6.37. The third kappa shape index (κ3) is 5.03. The number of aryl methyl sites for hydroxylation is 1. The zero-order chi connectivity index (χ0) is 25.3. The fourth-order valence-corrected chi connectivity index (χ4v) is 5.24. The fourth-order valence-electron chi connectivity index (χ4n) is 4.51. The number of aromatic nitrogens is 2. The van der Waals surface area contributed by atoms with Crippen molar-refractivity contribution < 1.29 is 23.9 Å². The lowest BCUT2D eigenvalue weighted by Gasteiger charge is -2.25. The quantitative estimate of drug-likeness (QED) is 0.354. The van der Waals surface area contributed by atoms with Crippen molar-refractivity contribution in [2.75, 3.05) is 5.32 Å². The van der Waals surface area contributed by atoms with Gasteiger partial charge in [-0.05, 0) is 68.9 Å². The summed E-state index contributed by atoms with van der Waals surface area (Å²) in [7, 11) is 1.63. The molecule has 0 saturated heterocycles. The molecule has 0 aliphatic heterocycles. The molecule has 10 heteroatoms. The summed E-state index contributed by atoms with van der Waals surface area (Å²) in [4.78, 5) is 43.8. The molecular formula is C25H27FN4O4S. The molecule has 4 rings (SSSR count). The van der Waals surface area contributed by atoms with Gasteiger partial charge in [0.25, 0.3) is 17.6 Å². The van der Waals surface area contributed by atoms with Gasteiger partial charge in [-0.1, -0.05) is 0 Å². The summed E-state index contributed by atoms with van der Waals surface area (Å²) in [5.41, 5.74) is 1.90. The molecule has 2 amide bonds. The van der Waals surface area contributed by atoms with Crippen LogP contribution in [-0.2, 0) is 11.8 Å². The van der Waals surface area contributed by atoms with E-state index in [4.69, 9.17) is 0 Å². The second-order valence-electron chi connectivity index (χ2n) is 8.82. The maximum atomic E-state index is 13.7. The smallest absolute Gasteiger partial charge is 0.294 e. The van der Waals surface area contributed by atoms with Crippen molar-refractivity contribution in [1.29, 1.82) is 0 Å². The van der Waals surface area contributed by atoms with Gasteiger partial charge in [0.2, 0.25) is 0 Å². The summed E-state index contributed by atoms with van der Waals surface area (Å²) in [6.45, 7) is 3.22. The first-order valence-electron chi connectivity index (χ1n) is 11.4. The molecule has 8 nitrogen and oxygen atoms in total. The van der Waals surface area contributed by atoms with Crippen molar-refractivity contribution in [1.82, 2.24) is 14.9 Å². The van der Waals surface area contributed by atoms with E-state index in [-0.39, 0.29) is 29.2 Å². The van der Waals surface area contributed by atoms with Crippen molar-refractivity contribution in [2.24, 2.45) is 7.05 Å². The first-order valence-corrected chi connectivity index (χ1v) is 12.2. The molecule has 35 heavy (non-hydrogen) atoms. The summed E-state index contributed by atoms with van der Waals surface area (Å²) in [6, 6.07) is 4.07. The van der Waals surface area contributed by atoms with E-state index >= 15 is 0 Å². The van der Waals surface area contributed by atoms with Crippen molar-refractivity contribution in [2.45, 2.75) is 51.7 Å². The summed E-state index contributed by atoms with van der Waals surface area (Å²) >= 11 is 1.31. The lowest BCUT2D eigenvalue weighted by Crippen LogP contribution is -2.42. The number of nitrogens with zero attached hydrogens (tertiary/aromatic N) is 2. The molecule has 1 saturated carbocycles. The Kier molecular flexibility index (Phi) is 7.13. The zero-order valence-electron chi connectivity index (χ0n) is 19.7. The number of rotatable bonds is 6. The second kappa shape index (κ2) is 10.1. The predicted octanol–water partition coefficient (Wildman–Crippen LogP) is 3.76. The Morgan fingerprint density at radius 1 is 1.17 bits per heavy atom. The van der Waals surface area contributed by atoms with Gasteiger partial charge in [-0.15, -0.1) is 11.3 Å². The van der Waals surface area contributed by atoms with Gasteiger partial charge in [0.15, 0.2) is 0 Å². The standard InChI is InChI=1S/C25H27FN4O4S/c1-13-12-16(6-9-18(13)26)29-23(33)19-14(2)20(30(3)21(19)25-27-10-11-35-25)22(32)24(34)28-15-4-7-17(31)8-5-15/h6,9-12,15,17,31H,4-5,7-8H2,1-3H3,(H,28,34)(H,29,33). The van der Waals surface area contributed by atoms with Gasteiger partial charge in [0.1, 0.15) is 10.8 Å². The van der Waals surface area contributed by atoms with Crippen LogP contribution in [0.15, 0.2) is 29.8 Å². The number of thiazole rings is 1. The van der Waals surface area contributed by atoms with Crippen LogP contribution in [0.1, 0.15) is 57.7 Å². The number of aliphatic hydroxyl groups is 1. The highest BCUT2D eigenvalue weighted by atomic mass is 32.1. The number of Topliss-reactive ketones (excluding diaryl/α,β-unsaturated/α-hetero) is 1. The number of carbonyl (C=O) groups is 3. The van der Waals surface area contributed by atoms with Gasteiger partial charge in [0, 0.05) is 30.4 Å². The zero-order valence-corrected chi connectivity index (χ0v) is 20.5. The Labute approximate surface area is 206 Å². The largest absolute Gasteiger partial charge is 0.393 e. The molecule has 0 bridgehead atoms. The minimum Gasteiger partial charge on any atom is -0.393 e. The summed E-state index contributed by atoms with van der Waals surface area (Å²) in [5.74, 6) is -2.36. The molecule has 184 valence electrons. The van der Waals surface area contributed by atoms with Crippen LogP contribution in [0.5, 0.6) is 0 Å². The summed E-state index contributed by atoms with van der Waals surface area (Å²) < 4.78 is 15.2. The fraction of sp³-hybridized carbons (Fsp3) is 0.360. The van der Waals surface area contributed by atoms with E-state index in [1.165, 1.54) is 34.1 Å². The van der Waals surface area contributed by atoms with E-state index in [0.29, 0.717) is 53.2 Å². The number of aliphatic hydroxyl groups excluding tert-OH is 1. The molecule has 2 aromatic heterocycles. The second-order valence-corrected chi connectivity index (χ2v) is 9.71. The molecule has 1 aromatic carbocycles. The summed E-state index contributed by atoms with van der Waals surface area (Å²) in [6.07, 6.45) is 3.57. The van der Waals surface area contributed by atoms with Crippen LogP contribution in [0.2, 0.25) is 0 Å². The number of carbonyl (C=O) groups excluding carboxylic acids is 3. The molecule has 2 heterocycles. The lowest BCUT2D eigenvalue weighted by atomic mass is 9.93. The number of anilines is 1. The maximum absolute atomic E-state index is 13.7. The van der Waals surface area contributed by atoms with Crippen molar-refractivity contribution in [3.63, 3.8) is 0 Å². The van der Waals surface area contributed by atoms with Crippen LogP contribution >= 0.6 is 11.3 Å². The third-order valence-corrected chi connectivity index (χ3v) is 7.15. The minimum atomic E-state index is -0.748. The van der Waals surface area contributed by atoms with Crippen LogP contribution < -0.4 is 10.6 Å². The Morgan fingerprint density at radius 2 is 1.89 bits per heavy atom. The molecule has 0 radical (unpaired) electrons. The average molecular weight is 499 g/mol. The highest BCUT2D eigenvalue weighted by Crippen LogP contribution is 2.33. The van der Waals surface area contributed by atoms with Gasteiger partial charge in [-0.3, -0.25) is 14.4 Å². The van der Waals surface area contributed by atoms with Crippen LogP contribution in [-0.4, -0.2) is 44.4 Å². The minimum absolute atomic E-state index is 0.101. The Morgan fingerprint density at radius 3 is 2.51 bits per heavy atom. The number of hydrogen-bond donors (Lipinski definition) is 3. The topological polar surface area (TPSA) is 113 Å². The molecule has 1 fully saturated rings. The van der Waals surface area contributed by atoms with Crippen LogP contribution in [0.4, 0.5) is 10.1 Å². The molecule has 3 aromatic rings. The maximum Gasteiger partial charge on any atom is 0.294 e. The van der Waals surface area contributed by atoms with E-state index in [1.807, 2.05) is 0 Å². The van der Waals surface area contributed by atoms with E-state index in [9.17, 15) is 23.9 Å². The van der Waals surface area contributed by atoms with Crippen molar-refractivity contribution in [3.8, 4) is 10.7 Å². The molecule has 0 spiro atoms. The Hall–Kier alpha value is -3.37. The number of halogens is 1. The number of ketones is 1. The molecular weight excluding hydrogens is 471 g/mol. The number of hydrogen-bond acceptors (Lipinski definition) is 6. The van der Waals surface area contributed by atoms with E-state index in [2.05, 4.69) is 15.6 Å². The summed E-state index contributed by atoms with van der Waals surface area (Å²) in [5, 5.41) is 17.5. The normalized spacial score (nSPS) is 17.7. The van der Waals surface area contributed by atoms with E-state index in [0.717, 1.165) is 0 Å². The highest BCUT2D eigenvalue weighted by Gasteiger charge is 2.32. The van der Waals surface area contributed by atoms with Gasteiger partial charge in [0.05, 0.1) is 23.1 Å².